The second-order valence-corrected chi connectivity index (χ2v) is 5.85. The number of nitrogens with two attached hydrogens (primary N) is 1. The number of guanidine groups is 1. The fourth-order valence-corrected chi connectivity index (χ4v) is 2.51. The summed E-state index contributed by atoms with van der Waals surface area (Å²) >= 11 is 1.25. The highest BCUT2D eigenvalue weighted by molar-refractivity contribution is 7.99. The van der Waals surface area contributed by atoms with Crippen molar-refractivity contribution in [2.45, 2.75) is 11.9 Å². The van der Waals surface area contributed by atoms with Gasteiger partial charge in [-0.2, -0.15) is 11.5 Å². The smallest absolute Gasteiger partial charge is 0.259 e. The van der Waals surface area contributed by atoms with E-state index in [1.807, 2.05) is 5.48 Å². The third-order valence-corrected chi connectivity index (χ3v) is 3.88. The highest BCUT2D eigenvalue weighted by Crippen LogP contribution is 2.22. The number of hydrogen-bond acceptors (Lipinski definition) is 7. The first-order chi connectivity index (χ1) is 12.5. The fraction of sp³-hybridized carbons (Fsp3) is 0.214. The zero-order valence-corrected chi connectivity index (χ0v) is 14.4. The van der Waals surface area contributed by atoms with Crippen molar-refractivity contribution in [2.75, 3.05) is 12.3 Å². The van der Waals surface area contributed by atoms with Crippen LogP contribution in [0.15, 0.2) is 37.8 Å². The average molecular weight is 378 g/mol. The predicted octanol–water partition coefficient (Wildman–Crippen LogP) is 1.40. The van der Waals surface area contributed by atoms with Gasteiger partial charge in [-0.25, -0.2) is 19.0 Å². The number of nitrogens with zero attached hydrogens (tertiary/aromatic N) is 5. The second kappa shape index (κ2) is 9.35. The molecule has 2 rings (SSSR count). The van der Waals surface area contributed by atoms with Crippen molar-refractivity contribution in [1.82, 2.24) is 21.2 Å². The summed E-state index contributed by atoms with van der Waals surface area (Å²) in [5.41, 5.74) is 10.6. The molecule has 1 heterocycles. The number of aromatic nitrogens is 2. The van der Waals surface area contributed by atoms with Crippen LogP contribution in [0.5, 0.6) is 0 Å². The van der Waals surface area contributed by atoms with E-state index >= 15 is 0 Å². The molecule has 0 amide bonds. The molecule has 0 fully saturated rings. The maximum absolute atomic E-state index is 13.3. The van der Waals surface area contributed by atoms with Crippen LogP contribution in [-0.4, -0.2) is 39.6 Å². The molecule has 0 aliphatic carbocycles. The van der Waals surface area contributed by atoms with Crippen LogP contribution in [0.25, 0.3) is 4.95 Å². The Morgan fingerprint density at radius 2 is 2.31 bits per heavy atom. The standard InChI is InChI=1S/C14H15FN8O2S/c1-8-7-9(3-4-10(8)15)19-12(21-24)11-13(23-25-22-11)26-6-5-18-14(16)20-17-2/h3-4,7,24H,5-6H2,1H3,(H,19,21)(H3,16,18,20). The predicted molar refractivity (Wildman–Crippen MR) is 93.5 cm³/mol. The van der Waals surface area contributed by atoms with Crippen molar-refractivity contribution in [3.8, 4) is 0 Å². The maximum Gasteiger partial charge on any atom is 0.259 e. The van der Waals surface area contributed by atoms with E-state index < -0.39 is 0 Å². The van der Waals surface area contributed by atoms with Gasteiger partial charge in [0.1, 0.15) is 5.82 Å². The summed E-state index contributed by atoms with van der Waals surface area (Å²) < 4.78 is 18.0. The number of benzene rings is 1. The molecular formula is C14H15FN8O2S. The largest absolute Gasteiger partial charge is 0.365 e. The van der Waals surface area contributed by atoms with Gasteiger partial charge in [0.25, 0.3) is 5.96 Å². The zero-order chi connectivity index (χ0) is 18.9. The third kappa shape index (κ3) is 5.16. The zero-order valence-electron chi connectivity index (χ0n) is 13.6. The Hall–Kier alpha value is -3.17. The Balaban J connectivity index is 2.11. The Kier molecular flexibility index (Phi) is 6.89. The van der Waals surface area contributed by atoms with Crippen molar-refractivity contribution < 1.29 is 14.2 Å². The number of thioether (sulfide) groups is 1. The Labute approximate surface area is 152 Å². The number of hydroxylamine groups is 1. The lowest BCUT2D eigenvalue weighted by molar-refractivity contribution is 0.234. The molecule has 26 heavy (non-hydrogen) atoms. The third-order valence-electron chi connectivity index (χ3n) is 2.95. The molecule has 0 aliphatic heterocycles. The molecule has 12 heteroatoms. The monoisotopic (exact) mass is 378 g/mol. The molecule has 5 N–H and O–H groups in total. The molecule has 0 bridgehead atoms. The van der Waals surface area contributed by atoms with Gasteiger partial charge in [-0.3, -0.25) is 10.7 Å². The number of aryl methyl sites for hydroxylation is 1. The minimum Gasteiger partial charge on any atom is -0.365 e. The van der Waals surface area contributed by atoms with Gasteiger partial charge in [-0.05, 0) is 41.0 Å². The minimum absolute atomic E-state index is 0.00236. The van der Waals surface area contributed by atoms with Crippen LogP contribution in [0.2, 0.25) is 0 Å². The molecule has 0 saturated heterocycles. The van der Waals surface area contributed by atoms with Crippen LogP contribution in [0.4, 0.5) is 10.1 Å². The van der Waals surface area contributed by atoms with Gasteiger partial charge >= 0.3 is 0 Å². The lowest BCUT2D eigenvalue weighted by atomic mass is 10.2. The van der Waals surface area contributed by atoms with Gasteiger partial charge in [0.15, 0.2) is 16.6 Å². The summed E-state index contributed by atoms with van der Waals surface area (Å²) in [6.45, 7) is 8.52. The first kappa shape index (κ1) is 19.2. The van der Waals surface area contributed by atoms with Gasteiger partial charge in [0.05, 0.1) is 12.2 Å². The van der Waals surface area contributed by atoms with E-state index in [2.05, 4.69) is 30.7 Å². The van der Waals surface area contributed by atoms with Gasteiger partial charge in [-0.15, -0.1) is 0 Å². The molecule has 136 valence electrons. The summed E-state index contributed by atoms with van der Waals surface area (Å²) in [4.78, 5) is 11.0. The van der Waals surface area contributed by atoms with Crippen LogP contribution in [0.1, 0.15) is 11.3 Å². The average Bonchev–Trinajstić information content (AvgIpc) is 3.08. The van der Waals surface area contributed by atoms with E-state index in [0.717, 1.165) is 0 Å². The van der Waals surface area contributed by atoms with Crippen molar-refractivity contribution in [1.29, 1.82) is 0 Å². The highest BCUT2D eigenvalue weighted by Gasteiger charge is 2.17. The van der Waals surface area contributed by atoms with Gasteiger partial charge in [-0.1, -0.05) is 17.2 Å². The molecule has 2 aromatic rings. The van der Waals surface area contributed by atoms with Gasteiger partial charge in [0, 0.05) is 5.75 Å². The number of nitrogens with one attached hydrogen (secondary N) is 2. The Morgan fingerprint density at radius 3 is 3.00 bits per heavy atom. The van der Waals surface area contributed by atoms with Crippen molar-refractivity contribution >= 4 is 29.2 Å². The number of aliphatic imine (C=N–C) groups is 2. The summed E-state index contributed by atoms with van der Waals surface area (Å²) in [5, 5.41) is 17.2. The summed E-state index contributed by atoms with van der Waals surface area (Å²) in [6, 6.07) is 4.26. The number of halogens is 1. The molecule has 0 atom stereocenters. The molecule has 10 nitrogen and oxygen atoms in total. The van der Waals surface area contributed by atoms with Crippen LogP contribution in [0, 0.1) is 19.3 Å². The van der Waals surface area contributed by atoms with E-state index in [9.17, 15) is 9.60 Å². The van der Waals surface area contributed by atoms with Crippen LogP contribution < -0.4 is 16.6 Å². The highest BCUT2D eigenvalue weighted by atomic mass is 32.2. The molecule has 1 aromatic heterocycles. The van der Waals surface area contributed by atoms with Crippen LogP contribution in [0.3, 0.4) is 0 Å². The minimum atomic E-state index is -0.352. The molecule has 0 unspecified atom stereocenters. The molecule has 1 aromatic carbocycles. The fourth-order valence-electron chi connectivity index (χ4n) is 1.78. The van der Waals surface area contributed by atoms with E-state index in [1.165, 1.54) is 30.0 Å². The quantitative estimate of drug-likeness (QED) is 0.148. The lowest BCUT2D eigenvalue weighted by Gasteiger charge is -2.04. The molecule has 0 radical (unpaired) electrons. The van der Waals surface area contributed by atoms with Crippen molar-refractivity contribution in [3.63, 3.8) is 0 Å². The summed E-state index contributed by atoms with van der Waals surface area (Å²) in [5.74, 6) is 0.132. The second-order valence-electron chi connectivity index (χ2n) is 4.76. The van der Waals surface area contributed by atoms with E-state index in [0.29, 0.717) is 28.6 Å². The number of hydrogen-bond donors (Lipinski definition) is 4. The molecular weight excluding hydrogens is 363 g/mol. The molecule has 0 saturated carbocycles. The first-order valence-electron chi connectivity index (χ1n) is 7.18. The Bertz CT molecular complexity index is 861. The number of rotatable bonds is 6. The maximum atomic E-state index is 13.3. The Morgan fingerprint density at radius 1 is 1.50 bits per heavy atom. The topological polar surface area (TPSA) is 138 Å². The van der Waals surface area contributed by atoms with E-state index in [1.54, 1.807) is 6.92 Å². The van der Waals surface area contributed by atoms with Crippen molar-refractivity contribution in [3.05, 3.63) is 46.8 Å². The van der Waals surface area contributed by atoms with Crippen LogP contribution >= 0.6 is 11.8 Å². The van der Waals surface area contributed by atoms with E-state index in [-0.39, 0.29) is 23.3 Å². The SMILES string of the molecule is [C-]#[N+]NC(N)=NCCSc1nonc1C(=Nc1ccc(F)c(C)c1)NO. The lowest BCUT2D eigenvalue weighted by Crippen LogP contribution is -2.26. The number of amidine groups is 1. The molecule has 0 spiro atoms. The van der Waals surface area contributed by atoms with Gasteiger partial charge in [0.2, 0.25) is 0 Å². The normalized spacial score (nSPS) is 11.9. The van der Waals surface area contributed by atoms with Crippen molar-refractivity contribution in [2.24, 2.45) is 15.7 Å². The van der Waals surface area contributed by atoms with Gasteiger partial charge < -0.3 is 5.73 Å². The summed E-state index contributed by atoms with van der Waals surface area (Å²) in [7, 11) is 0. The van der Waals surface area contributed by atoms with Crippen LogP contribution in [-0.2, 0) is 0 Å². The first-order valence-corrected chi connectivity index (χ1v) is 8.16. The summed E-state index contributed by atoms with van der Waals surface area (Å²) in [6.07, 6.45) is 0. The van der Waals surface area contributed by atoms with E-state index in [4.69, 9.17) is 16.9 Å². The molecule has 0 aliphatic rings.